The van der Waals surface area contributed by atoms with Crippen molar-refractivity contribution in [3.05, 3.63) is 23.9 Å². The van der Waals surface area contributed by atoms with Crippen LogP contribution >= 0.6 is 0 Å². The summed E-state index contributed by atoms with van der Waals surface area (Å²) in [5.74, 6) is 0.405. The fourth-order valence-corrected chi connectivity index (χ4v) is 3.17. The number of carbonyl (C=O) groups is 1. The lowest BCUT2D eigenvalue weighted by atomic mass is 9.77. The van der Waals surface area contributed by atoms with Crippen LogP contribution in [-0.2, 0) is 0 Å². The molecule has 0 radical (unpaired) electrons. The van der Waals surface area contributed by atoms with Gasteiger partial charge in [-0.25, -0.2) is 4.98 Å². The van der Waals surface area contributed by atoms with E-state index in [0.717, 1.165) is 18.9 Å². The molecule has 0 atom stereocenters. The highest BCUT2D eigenvalue weighted by Crippen LogP contribution is 2.39. The van der Waals surface area contributed by atoms with E-state index in [1.54, 1.807) is 6.07 Å². The third-order valence-corrected chi connectivity index (χ3v) is 4.73. The highest BCUT2D eigenvalue weighted by atomic mass is 16.1. The van der Waals surface area contributed by atoms with Crippen molar-refractivity contribution in [3.63, 3.8) is 0 Å². The van der Waals surface area contributed by atoms with Crippen LogP contribution in [0.15, 0.2) is 18.2 Å². The Bertz CT molecular complexity index is 494. The maximum absolute atomic E-state index is 11.2. The predicted octanol–water partition coefficient (Wildman–Crippen LogP) is 0.855. The van der Waals surface area contributed by atoms with Gasteiger partial charge in [-0.15, -0.1) is 0 Å². The molecule has 5 heteroatoms. The minimum Gasteiger partial charge on any atom is -0.364 e. The minimum absolute atomic E-state index is 0.346. The molecule has 102 valence electrons. The first-order valence-corrected chi connectivity index (χ1v) is 6.84. The van der Waals surface area contributed by atoms with Crippen molar-refractivity contribution in [2.24, 2.45) is 5.73 Å². The summed E-state index contributed by atoms with van der Waals surface area (Å²) in [7, 11) is 2.21. The van der Waals surface area contributed by atoms with Crippen molar-refractivity contribution in [1.82, 2.24) is 9.88 Å². The van der Waals surface area contributed by atoms with E-state index in [0.29, 0.717) is 11.2 Å². The third kappa shape index (κ3) is 2.08. The second kappa shape index (κ2) is 4.49. The maximum atomic E-state index is 11.2. The smallest absolute Gasteiger partial charge is 0.267 e. The molecule has 3 rings (SSSR count). The number of pyridine rings is 1. The number of carbonyl (C=O) groups excluding carboxylic acids is 1. The van der Waals surface area contributed by atoms with Crippen molar-refractivity contribution in [1.29, 1.82) is 0 Å². The molecule has 0 aliphatic carbocycles. The van der Waals surface area contributed by atoms with Gasteiger partial charge in [0.15, 0.2) is 0 Å². The van der Waals surface area contributed by atoms with Crippen LogP contribution < -0.4 is 10.6 Å². The first-order valence-electron chi connectivity index (χ1n) is 6.84. The van der Waals surface area contributed by atoms with Crippen molar-refractivity contribution in [2.45, 2.75) is 24.8 Å². The number of piperidine rings is 1. The molecule has 2 saturated heterocycles. The number of nitrogens with zero attached hydrogens (tertiary/aromatic N) is 3. The Labute approximate surface area is 113 Å². The van der Waals surface area contributed by atoms with Crippen LogP contribution in [0.3, 0.4) is 0 Å². The standard InChI is InChI=1S/C14H20N4O/c1-17-8-5-14(17)6-9-18(10-7-14)12-4-2-3-11(16-12)13(15)19/h2-4H,5-10H2,1H3,(H2,15,19). The second-order valence-electron chi connectivity index (χ2n) is 5.63. The molecule has 2 aliphatic heterocycles. The molecule has 1 spiro atoms. The zero-order chi connectivity index (χ0) is 13.5. The van der Waals surface area contributed by atoms with Gasteiger partial charge < -0.3 is 15.5 Å². The molecular formula is C14H20N4O. The van der Waals surface area contributed by atoms with Crippen LogP contribution in [0.4, 0.5) is 5.82 Å². The molecule has 1 aromatic rings. The number of likely N-dealkylation sites (tertiary alicyclic amines) is 1. The Morgan fingerprint density at radius 2 is 1.95 bits per heavy atom. The van der Waals surface area contributed by atoms with Crippen molar-refractivity contribution < 1.29 is 4.79 Å². The molecule has 1 amide bonds. The molecule has 19 heavy (non-hydrogen) atoms. The number of hydrogen-bond donors (Lipinski definition) is 1. The zero-order valence-corrected chi connectivity index (χ0v) is 11.3. The maximum Gasteiger partial charge on any atom is 0.267 e. The fourth-order valence-electron chi connectivity index (χ4n) is 3.17. The second-order valence-corrected chi connectivity index (χ2v) is 5.63. The van der Waals surface area contributed by atoms with Crippen LogP contribution in [0.25, 0.3) is 0 Å². The average molecular weight is 260 g/mol. The van der Waals surface area contributed by atoms with Crippen LogP contribution in [-0.4, -0.2) is 48.0 Å². The van der Waals surface area contributed by atoms with Crippen molar-refractivity contribution in [2.75, 3.05) is 31.6 Å². The molecule has 0 aromatic carbocycles. The number of nitrogens with two attached hydrogens (primary N) is 1. The zero-order valence-electron chi connectivity index (χ0n) is 11.3. The van der Waals surface area contributed by atoms with E-state index in [1.165, 1.54) is 25.8 Å². The number of rotatable bonds is 2. The lowest BCUT2D eigenvalue weighted by Crippen LogP contribution is -2.62. The highest BCUT2D eigenvalue weighted by molar-refractivity contribution is 5.91. The topological polar surface area (TPSA) is 62.5 Å². The molecule has 1 aromatic heterocycles. The van der Waals surface area contributed by atoms with E-state index in [9.17, 15) is 4.79 Å². The van der Waals surface area contributed by atoms with E-state index in [2.05, 4.69) is 21.8 Å². The summed E-state index contributed by atoms with van der Waals surface area (Å²) in [6.45, 7) is 3.22. The van der Waals surface area contributed by atoms with E-state index in [-0.39, 0.29) is 0 Å². The lowest BCUT2D eigenvalue weighted by molar-refractivity contribution is -0.00925. The molecule has 0 unspecified atom stereocenters. The Balaban J connectivity index is 1.71. The third-order valence-electron chi connectivity index (χ3n) is 4.73. The number of anilines is 1. The average Bonchev–Trinajstić information content (AvgIpc) is 2.46. The summed E-state index contributed by atoms with van der Waals surface area (Å²) >= 11 is 0. The van der Waals surface area contributed by atoms with E-state index >= 15 is 0 Å². The van der Waals surface area contributed by atoms with Gasteiger partial charge in [-0.2, -0.15) is 0 Å². The van der Waals surface area contributed by atoms with Gasteiger partial charge in [-0.3, -0.25) is 4.79 Å². The van der Waals surface area contributed by atoms with Crippen molar-refractivity contribution in [3.8, 4) is 0 Å². The summed E-state index contributed by atoms with van der Waals surface area (Å²) < 4.78 is 0. The quantitative estimate of drug-likeness (QED) is 0.856. The Kier molecular flexibility index (Phi) is 2.93. The van der Waals surface area contributed by atoms with Gasteiger partial charge in [-0.05, 0) is 38.4 Å². The number of primary amides is 1. The van der Waals surface area contributed by atoms with Gasteiger partial charge >= 0.3 is 0 Å². The van der Waals surface area contributed by atoms with Gasteiger partial charge in [0.2, 0.25) is 0 Å². The number of amides is 1. The Morgan fingerprint density at radius 1 is 1.26 bits per heavy atom. The van der Waals surface area contributed by atoms with Gasteiger partial charge in [0.05, 0.1) is 0 Å². The molecule has 0 bridgehead atoms. The normalized spacial score (nSPS) is 22.3. The monoisotopic (exact) mass is 260 g/mol. The molecule has 5 nitrogen and oxygen atoms in total. The first-order chi connectivity index (χ1) is 9.11. The van der Waals surface area contributed by atoms with E-state index in [4.69, 9.17) is 5.73 Å². The lowest BCUT2D eigenvalue weighted by Gasteiger charge is -2.55. The van der Waals surface area contributed by atoms with E-state index in [1.807, 2.05) is 12.1 Å². The summed E-state index contributed by atoms with van der Waals surface area (Å²) in [6.07, 6.45) is 3.66. The molecule has 2 aliphatic rings. The summed E-state index contributed by atoms with van der Waals surface area (Å²) in [4.78, 5) is 20.2. The van der Waals surface area contributed by atoms with Crippen LogP contribution in [0.1, 0.15) is 29.8 Å². The molecular weight excluding hydrogens is 240 g/mol. The van der Waals surface area contributed by atoms with Gasteiger partial charge in [-0.1, -0.05) is 6.07 Å². The highest BCUT2D eigenvalue weighted by Gasteiger charge is 2.44. The van der Waals surface area contributed by atoms with Crippen LogP contribution in [0.5, 0.6) is 0 Å². The predicted molar refractivity (Wildman–Crippen MR) is 74.2 cm³/mol. The SMILES string of the molecule is CN1CCC12CCN(c1cccc(C(N)=O)n1)CC2. The van der Waals surface area contributed by atoms with Crippen molar-refractivity contribution >= 4 is 11.7 Å². The number of aromatic nitrogens is 1. The van der Waals surface area contributed by atoms with Gasteiger partial charge in [0.1, 0.15) is 11.5 Å². The minimum atomic E-state index is -0.464. The summed E-state index contributed by atoms with van der Waals surface area (Å²) in [5, 5.41) is 0. The Hall–Kier alpha value is -1.62. The van der Waals surface area contributed by atoms with E-state index < -0.39 is 5.91 Å². The molecule has 0 saturated carbocycles. The Morgan fingerprint density at radius 3 is 2.47 bits per heavy atom. The van der Waals surface area contributed by atoms with Crippen LogP contribution in [0.2, 0.25) is 0 Å². The van der Waals surface area contributed by atoms with Gasteiger partial charge in [0.25, 0.3) is 5.91 Å². The largest absolute Gasteiger partial charge is 0.364 e. The van der Waals surface area contributed by atoms with Crippen LogP contribution in [0, 0.1) is 0 Å². The number of hydrogen-bond acceptors (Lipinski definition) is 4. The first kappa shape index (κ1) is 12.4. The molecule has 2 N–H and O–H groups in total. The molecule has 3 heterocycles. The molecule has 2 fully saturated rings. The summed E-state index contributed by atoms with van der Waals surface area (Å²) in [6, 6.07) is 5.47. The van der Waals surface area contributed by atoms with Gasteiger partial charge in [0, 0.05) is 25.2 Å². The summed E-state index contributed by atoms with van der Waals surface area (Å²) in [5.41, 5.74) is 6.05. The fraction of sp³-hybridized carbons (Fsp3) is 0.571.